The number of hydrogen-bond donors (Lipinski definition) is 0. The molecule has 1 aromatic rings. The summed E-state index contributed by atoms with van der Waals surface area (Å²) >= 11 is 0. The molecule has 0 saturated heterocycles. The van der Waals surface area contributed by atoms with E-state index >= 15 is 0 Å². The zero-order valence-corrected chi connectivity index (χ0v) is 10.7. The van der Waals surface area contributed by atoms with E-state index in [4.69, 9.17) is 4.74 Å². The molecule has 0 spiro atoms. The summed E-state index contributed by atoms with van der Waals surface area (Å²) in [7, 11) is 0. The van der Waals surface area contributed by atoms with Crippen molar-refractivity contribution in [1.82, 2.24) is 4.90 Å². The van der Waals surface area contributed by atoms with Crippen LogP contribution in [0.1, 0.15) is 24.9 Å². The van der Waals surface area contributed by atoms with Crippen LogP contribution >= 0.6 is 0 Å². The highest BCUT2D eigenvalue weighted by atomic mass is 16.5. The lowest BCUT2D eigenvalue weighted by Gasteiger charge is -2.32. The fourth-order valence-electron chi connectivity index (χ4n) is 2.23. The molecule has 1 unspecified atom stereocenters. The standard InChI is InChI=1S/C15H19NO2/c1-13(17)18-12-15(14-8-4-2-5-9-14)16-10-6-3-7-11-16/h2-6,8-9,15H,7,10-12H2,1H3. The molecule has 1 heterocycles. The number of rotatable bonds is 4. The smallest absolute Gasteiger partial charge is 0.302 e. The first kappa shape index (κ1) is 12.8. The number of benzene rings is 1. The number of nitrogens with zero attached hydrogens (tertiary/aromatic N) is 1. The average molecular weight is 245 g/mol. The minimum absolute atomic E-state index is 0.153. The van der Waals surface area contributed by atoms with Crippen LogP contribution in [-0.4, -0.2) is 30.6 Å². The third-order valence-electron chi connectivity index (χ3n) is 3.16. The Morgan fingerprint density at radius 2 is 2.11 bits per heavy atom. The Kier molecular flexibility index (Phi) is 4.53. The fraction of sp³-hybridized carbons (Fsp3) is 0.400. The minimum atomic E-state index is -0.219. The van der Waals surface area contributed by atoms with Gasteiger partial charge in [-0.1, -0.05) is 42.5 Å². The first-order chi connectivity index (χ1) is 8.77. The van der Waals surface area contributed by atoms with Crippen LogP contribution in [0.15, 0.2) is 42.5 Å². The van der Waals surface area contributed by atoms with Gasteiger partial charge in [-0.2, -0.15) is 0 Å². The molecular formula is C15H19NO2. The van der Waals surface area contributed by atoms with Crippen LogP contribution in [0.3, 0.4) is 0 Å². The largest absolute Gasteiger partial charge is 0.464 e. The van der Waals surface area contributed by atoms with Gasteiger partial charge in [0.25, 0.3) is 0 Å². The lowest BCUT2D eigenvalue weighted by Crippen LogP contribution is -2.34. The molecule has 3 nitrogen and oxygen atoms in total. The van der Waals surface area contributed by atoms with Crippen LogP contribution in [0.5, 0.6) is 0 Å². The lowest BCUT2D eigenvalue weighted by molar-refractivity contribution is -0.142. The van der Waals surface area contributed by atoms with Gasteiger partial charge < -0.3 is 4.74 Å². The minimum Gasteiger partial charge on any atom is -0.464 e. The summed E-state index contributed by atoms with van der Waals surface area (Å²) < 4.78 is 5.21. The summed E-state index contributed by atoms with van der Waals surface area (Å²) in [6, 6.07) is 10.4. The molecule has 0 saturated carbocycles. The maximum atomic E-state index is 11.0. The van der Waals surface area contributed by atoms with Gasteiger partial charge in [0.2, 0.25) is 0 Å². The third kappa shape index (κ3) is 3.44. The van der Waals surface area contributed by atoms with Crippen LogP contribution in [0.4, 0.5) is 0 Å². The number of carbonyl (C=O) groups is 1. The number of carbonyl (C=O) groups excluding carboxylic acids is 1. The van der Waals surface area contributed by atoms with Gasteiger partial charge >= 0.3 is 5.97 Å². The Morgan fingerprint density at radius 3 is 2.72 bits per heavy atom. The summed E-state index contributed by atoms with van der Waals surface area (Å²) in [4.78, 5) is 13.4. The molecule has 3 heteroatoms. The molecule has 0 bridgehead atoms. The van der Waals surface area contributed by atoms with Crippen LogP contribution in [0.2, 0.25) is 0 Å². The van der Waals surface area contributed by atoms with E-state index < -0.39 is 0 Å². The van der Waals surface area contributed by atoms with Crippen molar-refractivity contribution in [3.63, 3.8) is 0 Å². The number of hydrogen-bond acceptors (Lipinski definition) is 3. The van der Waals surface area contributed by atoms with Crippen LogP contribution in [0.25, 0.3) is 0 Å². The van der Waals surface area contributed by atoms with Crippen molar-refractivity contribution in [2.24, 2.45) is 0 Å². The van der Waals surface area contributed by atoms with Gasteiger partial charge in [-0.25, -0.2) is 0 Å². The monoisotopic (exact) mass is 245 g/mol. The van der Waals surface area contributed by atoms with Crippen molar-refractivity contribution < 1.29 is 9.53 Å². The molecule has 0 amide bonds. The van der Waals surface area contributed by atoms with Crippen LogP contribution in [0, 0.1) is 0 Å². The highest BCUT2D eigenvalue weighted by molar-refractivity contribution is 5.65. The van der Waals surface area contributed by atoms with Crippen molar-refractivity contribution in [2.75, 3.05) is 19.7 Å². The van der Waals surface area contributed by atoms with E-state index in [2.05, 4.69) is 29.2 Å². The molecule has 1 aliphatic heterocycles. The molecule has 0 aliphatic carbocycles. The average Bonchev–Trinajstić information content (AvgIpc) is 2.41. The highest BCUT2D eigenvalue weighted by Crippen LogP contribution is 2.23. The Bertz CT molecular complexity index is 414. The fourth-order valence-corrected chi connectivity index (χ4v) is 2.23. The Balaban J connectivity index is 2.11. The van der Waals surface area contributed by atoms with Gasteiger partial charge in [0.05, 0.1) is 6.04 Å². The van der Waals surface area contributed by atoms with E-state index in [0.717, 1.165) is 19.5 Å². The predicted molar refractivity (Wildman–Crippen MR) is 71.1 cm³/mol. The summed E-state index contributed by atoms with van der Waals surface area (Å²) in [5, 5.41) is 0. The quantitative estimate of drug-likeness (QED) is 0.603. The highest BCUT2D eigenvalue weighted by Gasteiger charge is 2.21. The predicted octanol–water partition coefficient (Wildman–Crippen LogP) is 2.55. The Labute approximate surface area is 108 Å². The van der Waals surface area contributed by atoms with Crippen molar-refractivity contribution in [2.45, 2.75) is 19.4 Å². The van der Waals surface area contributed by atoms with E-state index in [0.29, 0.717) is 6.61 Å². The zero-order valence-electron chi connectivity index (χ0n) is 10.7. The molecule has 0 radical (unpaired) electrons. The Morgan fingerprint density at radius 1 is 1.33 bits per heavy atom. The first-order valence-corrected chi connectivity index (χ1v) is 6.35. The SMILES string of the molecule is CC(=O)OCC(c1ccccc1)N1CC=CCC1. The Hall–Kier alpha value is -1.61. The molecule has 0 fully saturated rings. The second-order valence-corrected chi connectivity index (χ2v) is 4.48. The lowest BCUT2D eigenvalue weighted by atomic mass is 10.0. The topological polar surface area (TPSA) is 29.5 Å². The maximum Gasteiger partial charge on any atom is 0.302 e. The number of ether oxygens (including phenoxy) is 1. The summed E-state index contributed by atoms with van der Waals surface area (Å²) in [6.07, 6.45) is 5.43. The first-order valence-electron chi connectivity index (χ1n) is 6.35. The van der Waals surface area contributed by atoms with E-state index in [1.165, 1.54) is 12.5 Å². The molecular weight excluding hydrogens is 226 g/mol. The molecule has 1 atom stereocenters. The van der Waals surface area contributed by atoms with E-state index in [1.54, 1.807) is 0 Å². The van der Waals surface area contributed by atoms with Gasteiger partial charge in [0.15, 0.2) is 0 Å². The van der Waals surface area contributed by atoms with Crippen molar-refractivity contribution >= 4 is 5.97 Å². The second kappa shape index (κ2) is 6.36. The molecule has 96 valence electrons. The third-order valence-corrected chi connectivity index (χ3v) is 3.16. The van der Waals surface area contributed by atoms with Gasteiger partial charge in [-0.3, -0.25) is 9.69 Å². The van der Waals surface area contributed by atoms with Gasteiger partial charge in [-0.05, 0) is 12.0 Å². The summed E-state index contributed by atoms with van der Waals surface area (Å²) in [6.45, 7) is 3.81. The number of esters is 1. The molecule has 1 aromatic carbocycles. The second-order valence-electron chi connectivity index (χ2n) is 4.48. The molecule has 0 N–H and O–H groups in total. The maximum absolute atomic E-state index is 11.0. The van der Waals surface area contributed by atoms with E-state index in [1.807, 2.05) is 18.2 Å². The summed E-state index contributed by atoms with van der Waals surface area (Å²) in [5.41, 5.74) is 1.20. The zero-order chi connectivity index (χ0) is 12.8. The van der Waals surface area contributed by atoms with E-state index in [-0.39, 0.29) is 12.0 Å². The van der Waals surface area contributed by atoms with Gasteiger partial charge in [0.1, 0.15) is 6.61 Å². The van der Waals surface area contributed by atoms with Crippen molar-refractivity contribution in [1.29, 1.82) is 0 Å². The molecule has 1 aliphatic rings. The molecule has 18 heavy (non-hydrogen) atoms. The van der Waals surface area contributed by atoms with E-state index in [9.17, 15) is 4.79 Å². The molecule has 0 aromatic heterocycles. The summed E-state index contributed by atoms with van der Waals surface area (Å²) in [5.74, 6) is -0.219. The van der Waals surface area contributed by atoms with Crippen molar-refractivity contribution in [3.8, 4) is 0 Å². The van der Waals surface area contributed by atoms with Gasteiger partial charge in [-0.15, -0.1) is 0 Å². The molecule has 2 rings (SSSR count). The van der Waals surface area contributed by atoms with Crippen LogP contribution in [-0.2, 0) is 9.53 Å². The van der Waals surface area contributed by atoms with Gasteiger partial charge in [0, 0.05) is 20.0 Å². The normalized spacial score (nSPS) is 17.4. The van der Waals surface area contributed by atoms with Crippen LogP contribution < -0.4 is 0 Å². The van der Waals surface area contributed by atoms with Crippen molar-refractivity contribution in [3.05, 3.63) is 48.0 Å².